The van der Waals surface area contributed by atoms with Gasteiger partial charge in [0.05, 0.1) is 5.56 Å². The Labute approximate surface area is 132 Å². The van der Waals surface area contributed by atoms with Crippen molar-refractivity contribution in [1.82, 2.24) is 0 Å². The molecule has 2 rings (SSSR count). The number of benzene rings is 2. The quantitative estimate of drug-likeness (QED) is 0.563. The van der Waals surface area contributed by atoms with Gasteiger partial charge in [-0.1, -0.05) is 61.9 Å². The fourth-order valence-corrected chi connectivity index (χ4v) is 2.96. The Balaban J connectivity index is 0.000000287. The zero-order valence-electron chi connectivity index (χ0n) is 13.4. The molecule has 0 aliphatic heterocycles. The number of rotatable bonds is 5. The molecule has 0 saturated carbocycles. The van der Waals surface area contributed by atoms with Gasteiger partial charge in [0.1, 0.15) is 5.75 Å². The lowest BCUT2D eigenvalue weighted by molar-refractivity contribution is 0.112. The van der Waals surface area contributed by atoms with Gasteiger partial charge in [0, 0.05) is 12.3 Å². The van der Waals surface area contributed by atoms with E-state index in [9.17, 15) is 9.36 Å². The molecule has 0 heterocycles. The molecular formula is C18H23O3P. The van der Waals surface area contributed by atoms with Crippen molar-refractivity contribution in [1.29, 1.82) is 0 Å². The summed E-state index contributed by atoms with van der Waals surface area (Å²) in [6.45, 7) is 5.74. The van der Waals surface area contributed by atoms with Crippen LogP contribution in [0.1, 0.15) is 29.8 Å². The lowest BCUT2D eigenvalue weighted by atomic mass is 10.2. The van der Waals surface area contributed by atoms with Crippen LogP contribution in [0.3, 0.4) is 0 Å². The van der Waals surface area contributed by atoms with E-state index in [1.54, 1.807) is 24.3 Å². The average Bonchev–Trinajstić information content (AvgIpc) is 2.56. The molecule has 0 fully saturated rings. The molecule has 0 radical (unpaired) electrons. The van der Waals surface area contributed by atoms with Crippen LogP contribution in [0.4, 0.5) is 0 Å². The molecule has 0 saturated heterocycles. The zero-order valence-corrected chi connectivity index (χ0v) is 14.3. The smallest absolute Gasteiger partial charge is 0.247 e. The van der Waals surface area contributed by atoms with Gasteiger partial charge in [-0.25, -0.2) is 0 Å². The third kappa shape index (κ3) is 5.87. The van der Waals surface area contributed by atoms with Crippen molar-refractivity contribution in [3.05, 3.63) is 65.7 Å². The highest BCUT2D eigenvalue weighted by molar-refractivity contribution is 7.59. The van der Waals surface area contributed by atoms with E-state index in [-0.39, 0.29) is 0 Å². The van der Waals surface area contributed by atoms with Crippen LogP contribution >= 0.6 is 7.37 Å². The maximum atomic E-state index is 12.1. The Morgan fingerprint density at radius 2 is 1.50 bits per heavy atom. The standard InChI is InChI=1S/C11H15O3P.C7H8/c1-3-15(13,4-2)14-11-8-6-5-7-10(11)9-12;1-7-5-3-2-4-6-7/h5-9H,3-4H2,1-2H3;2-6H,1H3. The third-order valence-electron chi connectivity index (χ3n) is 3.21. The monoisotopic (exact) mass is 318 g/mol. The molecule has 0 aromatic heterocycles. The van der Waals surface area contributed by atoms with Gasteiger partial charge < -0.3 is 4.52 Å². The molecular weight excluding hydrogens is 295 g/mol. The van der Waals surface area contributed by atoms with Crippen molar-refractivity contribution in [2.75, 3.05) is 12.3 Å². The summed E-state index contributed by atoms with van der Waals surface area (Å²) in [6.07, 6.45) is 1.68. The summed E-state index contributed by atoms with van der Waals surface area (Å²) < 4.78 is 17.5. The van der Waals surface area contributed by atoms with E-state index in [4.69, 9.17) is 4.52 Å². The van der Waals surface area contributed by atoms with Crippen LogP contribution in [-0.2, 0) is 4.57 Å². The van der Waals surface area contributed by atoms with E-state index < -0.39 is 7.37 Å². The summed E-state index contributed by atoms with van der Waals surface area (Å²) in [5, 5.41) is 0. The molecule has 0 unspecified atom stereocenters. The van der Waals surface area contributed by atoms with Crippen molar-refractivity contribution in [3.63, 3.8) is 0 Å². The van der Waals surface area contributed by atoms with Gasteiger partial charge in [-0.05, 0) is 19.1 Å². The predicted molar refractivity (Wildman–Crippen MR) is 92.3 cm³/mol. The van der Waals surface area contributed by atoms with Crippen LogP contribution in [0.2, 0.25) is 0 Å². The minimum atomic E-state index is -2.60. The lowest BCUT2D eigenvalue weighted by Gasteiger charge is -2.17. The number of carbonyl (C=O) groups excluding carboxylic acids is 1. The van der Waals surface area contributed by atoms with Crippen molar-refractivity contribution in [3.8, 4) is 5.75 Å². The molecule has 0 N–H and O–H groups in total. The minimum Gasteiger partial charge on any atom is -0.442 e. The second-order valence-corrected chi connectivity index (χ2v) is 7.93. The summed E-state index contributed by atoms with van der Waals surface area (Å²) in [5.41, 5.74) is 1.77. The van der Waals surface area contributed by atoms with Gasteiger partial charge in [-0.3, -0.25) is 9.36 Å². The van der Waals surface area contributed by atoms with Crippen molar-refractivity contribution in [2.24, 2.45) is 0 Å². The highest BCUT2D eigenvalue weighted by Crippen LogP contribution is 2.46. The van der Waals surface area contributed by atoms with Crippen LogP contribution in [0, 0.1) is 6.92 Å². The highest BCUT2D eigenvalue weighted by Gasteiger charge is 2.20. The molecule has 118 valence electrons. The molecule has 0 spiro atoms. The van der Waals surface area contributed by atoms with Crippen LogP contribution in [0.5, 0.6) is 5.75 Å². The van der Waals surface area contributed by atoms with Gasteiger partial charge >= 0.3 is 0 Å². The van der Waals surface area contributed by atoms with E-state index in [0.717, 1.165) is 0 Å². The lowest BCUT2D eigenvalue weighted by Crippen LogP contribution is -2.00. The fraction of sp³-hybridized carbons (Fsp3) is 0.278. The van der Waals surface area contributed by atoms with E-state index in [1.165, 1.54) is 5.56 Å². The molecule has 22 heavy (non-hydrogen) atoms. The molecule has 4 heteroatoms. The summed E-state index contributed by atoms with van der Waals surface area (Å²) >= 11 is 0. The van der Waals surface area contributed by atoms with Gasteiger partial charge in [0.25, 0.3) is 0 Å². The summed E-state index contributed by atoms with van der Waals surface area (Å²) in [7, 11) is -2.60. The molecule has 0 amide bonds. The molecule has 2 aromatic carbocycles. The summed E-state index contributed by atoms with van der Waals surface area (Å²) in [5.74, 6) is 0.416. The van der Waals surface area contributed by atoms with Crippen molar-refractivity contribution >= 4 is 13.7 Å². The van der Waals surface area contributed by atoms with Crippen molar-refractivity contribution in [2.45, 2.75) is 20.8 Å². The van der Waals surface area contributed by atoms with Crippen LogP contribution in [-0.4, -0.2) is 18.6 Å². The summed E-state index contributed by atoms with van der Waals surface area (Å²) in [4.78, 5) is 10.7. The van der Waals surface area contributed by atoms with E-state index >= 15 is 0 Å². The Morgan fingerprint density at radius 1 is 0.955 bits per heavy atom. The van der Waals surface area contributed by atoms with E-state index in [2.05, 4.69) is 19.1 Å². The maximum absolute atomic E-state index is 12.1. The zero-order chi connectivity index (χ0) is 16.4. The molecule has 0 bridgehead atoms. The van der Waals surface area contributed by atoms with Gasteiger partial charge in [-0.15, -0.1) is 0 Å². The van der Waals surface area contributed by atoms with Gasteiger partial charge in [0.2, 0.25) is 7.37 Å². The van der Waals surface area contributed by atoms with Crippen molar-refractivity contribution < 1.29 is 13.9 Å². The van der Waals surface area contributed by atoms with Gasteiger partial charge in [-0.2, -0.15) is 0 Å². The van der Waals surface area contributed by atoms with E-state index in [1.807, 2.05) is 32.0 Å². The molecule has 0 atom stereocenters. The number of carbonyl (C=O) groups is 1. The normalized spacial score (nSPS) is 10.3. The minimum absolute atomic E-state index is 0.416. The first-order valence-corrected chi connectivity index (χ1v) is 9.37. The van der Waals surface area contributed by atoms with Crippen LogP contribution < -0.4 is 4.52 Å². The number of para-hydroxylation sites is 1. The second kappa shape index (κ2) is 9.22. The van der Waals surface area contributed by atoms with Gasteiger partial charge in [0.15, 0.2) is 6.29 Å². The number of hydrogen-bond donors (Lipinski definition) is 0. The SMILES string of the molecule is CCP(=O)(CC)Oc1ccccc1C=O.Cc1ccccc1. The average molecular weight is 318 g/mol. The fourth-order valence-electron chi connectivity index (χ4n) is 1.73. The van der Waals surface area contributed by atoms with Crippen LogP contribution in [0.25, 0.3) is 0 Å². The number of aryl methyl sites for hydroxylation is 1. The van der Waals surface area contributed by atoms with Crippen LogP contribution in [0.15, 0.2) is 54.6 Å². The first kappa shape index (κ1) is 18.2. The molecule has 3 nitrogen and oxygen atoms in total. The largest absolute Gasteiger partial charge is 0.442 e. The third-order valence-corrected chi connectivity index (χ3v) is 5.67. The number of aldehydes is 1. The topological polar surface area (TPSA) is 43.4 Å². The molecule has 0 aliphatic carbocycles. The Kier molecular flexibility index (Phi) is 7.62. The Morgan fingerprint density at radius 3 is 1.95 bits per heavy atom. The highest BCUT2D eigenvalue weighted by atomic mass is 31.2. The Hall–Kier alpha value is -1.86. The first-order chi connectivity index (χ1) is 10.5. The summed E-state index contributed by atoms with van der Waals surface area (Å²) in [6, 6.07) is 17.1. The molecule has 2 aromatic rings. The molecule has 0 aliphatic rings. The Bertz CT molecular complexity index is 615. The first-order valence-electron chi connectivity index (χ1n) is 7.38. The van der Waals surface area contributed by atoms with E-state index in [0.29, 0.717) is 29.9 Å². The maximum Gasteiger partial charge on any atom is 0.247 e. The predicted octanol–water partition coefficient (Wildman–Crippen LogP) is 5.19. The number of hydrogen-bond acceptors (Lipinski definition) is 3. The second-order valence-electron chi connectivity index (χ2n) is 4.85.